The summed E-state index contributed by atoms with van der Waals surface area (Å²) in [5, 5.41) is 0. The molecule has 0 fully saturated rings. The van der Waals surface area contributed by atoms with Crippen molar-refractivity contribution in [3.05, 3.63) is 23.5 Å². The van der Waals surface area contributed by atoms with E-state index in [4.69, 9.17) is 0 Å². The van der Waals surface area contributed by atoms with Crippen LogP contribution in [0.1, 0.15) is 11.4 Å². The highest BCUT2D eigenvalue weighted by Gasteiger charge is 2.13. The minimum Gasteiger partial charge on any atom is -0.433 e. The first-order valence-electron chi connectivity index (χ1n) is 4.53. The van der Waals surface area contributed by atoms with Crippen molar-refractivity contribution in [2.75, 3.05) is 6.26 Å². The van der Waals surface area contributed by atoms with Crippen LogP contribution in [-0.4, -0.2) is 26.3 Å². The largest absolute Gasteiger partial charge is 0.433 e. The van der Waals surface area contributed by atoms with Gasteiger partial charge in [-0.2, -0.15) is 17.2 Å². The van der Waals surface area contributed by atoms with Crippen molar-refractivity contribution >= 4 is 10.1 Å². The SMILES string of the molecule is Cc1ccc(OC(F)F)c(COS(C)(=O)=O)n1. The molecule has 0 saturated heterocycles. The molecule has 0 atom stereocenters. The number of aromatic nitrogens is 1. The average Bonchev–Trinajstić information content (AvgIpc) is 2.16. The highest BCUT2D eigenvalue weighted by Crippen LogP contribution is 2.20. The molecular weight excluding hydrogens is 256 g/mol. The monoisotopic (exact) mass is 267 g/mol. The van der Waals surface area contributed by atoms with E-state index in [2.05, 4.69) is 13.9 Å². The van der Waals surface area contributed by atoms with E-state index >= 15 is 0 Å². The molecule has 1 aromatic heterocycles. The van der Waals surface area contributed by atoms with Gasteiger partial charge in [-0.05, 0) is 19.1 Å². The van der Waals surface area contributed by atoms with Crippen LogP contribution in [0.3, 0.4) is 0 Å². The second-order valence-electron chi connectivity index (χ2n) is 3.24. The lowest BCUT2D eigenvalue weighted by Gasteiger charge is -2.10. The number of nitrogens with zero attached hydrogens (tertiary/aromatic N) is 1. The molecule has 0 spiro atoms. The Hall–Kier alpha value is -1.28. The van der Waals surface area contributed by atoms with E-state index in [1.165, 1.54) is 12.1 Å². The lowest BCUT2D eigenvalue weighted by molar-refractivity contribution is -0.0511. The summed E-state index contributed by atoms with van der Waals surface area (Å²) in [7, 11) is -3.66. The lowest BCUT2D eigenvalue weighted by Crippen LogP contribution is -2.09. The predicted octanol–water partition coefficient (Wildman–Crippen LogP) is 1.47. The minimum atomic E-state index is -3.66. The third-order valence-electron chi connectivity index (χ3n) is 1.70. The van der Waals surface area contributed by atoms with Crippen LogP contribution in [0, 0.1) is 6.92 Å². The van der Waals surface area contributed by atoms with Gasteiger partial charge in [0.05, 0.1) is 6.26 Å². The van der Waals surface area contributed by atoms with Crippen LogP contribution in [-0.2, 0) is 20.9 Å². The summed E-state index contributed by atoms with van der Waals surface area (Å²) in [6, 6.07) is 2.76. The van der Waals surface area contributed by atoms with Gasteiger partial charge in [-0.3, -0.25) is 9.17 Å². The van der Waals surface area contributed by atoms with Crippen molar-refractivity contribution in [3.63, 3.8) is 0 Å². The maximum absolute atomic E-state index is 12.1. The summed E-state index contributed by atoms with van der Waals surface area (Å²) in [4.78, 5) is 3.88. The first-order chi connectivity index (χ1) is 7.78. The number of rotatable bonds is 5. The first-order valence-corrected chi connectivity index (χ1v) is 6.35. The van der Waals surface area contributed by atoms with E-state index in [-0.39, 0.29) is 11.4 Å². The van der Waals surface area contributed by atoms with Gasteiger partial charge >= 0.3 is 6.61 Å². The fourth-order valence-electron chi connectivity index (χ4n) is 1.07. The van der Waals surface area contributed by atoms with Crippen LogP contribution >= 0.6 is 0 Å². The summed E-state index contributed by atoms with van der Waals surface area (Å²) in [6.45, 7) is -1.81. The zero-order valence-electron chi connectivity index (χ0n) is 9.18. The van der Waals surface area contributed by atoms with Gasteiger partial charge in [-0.25, -0.2) is 0 Å². The Labute approximate surface area is 97.5 Å². The highest BCUT2D eigenvalue weighted by atomic mass is 32.2. The van der Waals surface area contributed by atoms with Gasteiger partial charge < -0.3 is 4.74 Å². The van der Waals surface area contributed by atoms with E-state index in [1.807, 2.05) is 0 Å². The van der Waals surface area contributed by atoms with Crippen molar-refractivity contribution in [1.29, 1.82) is 0 Å². The molecule has 0 bridgehead atoms. The highest BCUT2D eigenvalue weighted by molar-refractivity contribution is 7.85. The standard InChI is InChI=1S/C9H11F2NO4S/c1-6-3-4-8(16-9(10)11)7(12-6)5-15-17(2,13)14/h3-4,9H,5H2,1-2H3. The van der Waals surface area contributed by atoms with E-state index in [1.54, 1.807) is 6.92 Å². The number of hydrogen-bond donors (Lipinski definition) is 0. The molecule has 0 saturated carbocycles. The Morgan fingerprint density at radius 2 is 2.06 bits per heavy atom. The molecule has 0 aromatic carbocycles. The van der Waals surface area contributed by atoms with Crippen LogP contribution in [0.2, 0.25) is 0 Å². The summed E-state index contributed by atoms with van der Waals surface area (Å²) >= 11 is 0. The smallest absolute Gasteiger partial charge is 0.387 e. The fourth-order valence-corrected chi connectivity index (χ4v) is 1.39. The van der Waals surface area contributed by atoms with Gasteiger partial charge in [0.15, 0.2) is 0 Å². The van der Waals surface area contributed by atoms with Gasteiger partial charge in [0.25, 0.3) is 10.1 Å². The van der Waals surface area contributed by atoms with Crippen molar-refractivity contribution in [2.45, 2.75) is 20.1 Å². The molecule has 8 heteroatoms. The molecule has 0 aliphatic heterocycles. The molecule has 0 radical (unpaired) electrons. The zero-order chi connectivity index (χ0) is 13.1. The third kappa shape index (κ3) is 5.05. The summed E-state index contributed by atoms with van der Waals surface area (Å²) in [6.07, 6.45) is 0.858. The van der Waals surface area contributed by atoms with E-state index in [0.29, 0.717) is 5.69 Å². The summed E-state index contributed by atoms with van der Waals surface area (Å²) in [5.74, 6) is -0.200. The second kappa shape index (κ2) is 5.37. The quantitative estimate of drug-likeness (QED) is 0.756. The fraction of sp³-hybridized carbons (Fsp3) is 0.444. The maximum atomic E-state index is 12.1. The molecular formula is C9H11F2NO4S. The second-order valence-corrected chi connectivity index (χ2v) is 4.89. The molecule has 17 heavy (non-hydrogen) atoms. The lowest BCUT2D eigenvalue weighted by atomic mass is 10.3. The number of hydrogen-bond acceptors (Lipinski definition) is 5. The Balaban J connectivity index is 2.91. The third-order valence-corrected chi connectivity index (χ3v) is 2.24. The molecule has 0 unspecified atom stereocenters. The van der Waals surface area contributed by atoms with Gasteiger partial charge in [-0.1, -0.05) is 0 Å². The van der Waals surface area contributed by atoms with E-state index in [9.17, 15) is 17.2 Å². The van der Waals surface area contributed by atoms with E-state index in [0.717, 1.165) is 6.26 Å². The Bertz CT molecular complexity index is 490. The van der Waals surface area contributed by atoms with Crippen molar-refractivity contribution in [1.82, 2.24) is 4.98 Å². The van der Waals surface area contributed by atoms with Gasteiger partial charge in [-0.15, -0.1) is 0 Å². The summed E-state index contributed by atoms with van der Waals surface area (Å²) < 4.78 is 54.4. The average molecular weight is 267 g/mol. The topological polar surface area (TPSA) is 65.5 Å². The van der Waals surface area contributed by atoms with Crippen LogP contribution in [0.5, 0.6) is 5.75 Å². The van der Waals surface area contributed by atoms with Gasteiger partial charge in [0, 0.05) is 5.69 Å². The number of pyridine rings is 1. The molecule has 96 valence electrons. The maximum Gasteiger partial charge on any atom is 0.387 e. The van der Waals surface area contributed by atoms with Gasteiger partial charge in [0.1, 0.15) is 18.1 Å². The van der Waals surface area contributed by atoms with Crippen LogP contribution in [0.15, 0.2) is 12.1 Å². The molecule has 1 heterocycles. The summed E-state index contributed by atoms with van der Waals surface area (Å²) in [5.41, 5.74) is 0.550. The molecule has 5 nitrogen and oxygen atoms in total. The molecule has 0 amide bonds. The number of ether oxygens (including phenoxy) is 1. The Morgan fingerprint density at radius 1 is 1.41 bits per heavy atom. The molecule has 0 aliphatic carbocycles. The molecule has 1 rings (SSSR count). The van der Waals surface area contributed by atoms with E-state index < -0.39 is 23.3 Å². The Kier molecular flexibility index (Phi) is 4.35. The number of aryl methyl sites for hydroxylation is 1. The van der Waals surface area contributed by atoms with Gasteiger partial charge in [0.2, 0.25) is 0 Å². The molecule has 0 aliphatic rings. The van der Waals surface area contributed by atoms with Crippen molar-refractivity contribution in [3.8, 4) is 5.75 Å². The van der Waals surface area contributed by atoms with Crippen LogP contribution < -0.4 is 4.74 Å². The van der Waals surface area contributed by atoms with Crippen LogP contribution in [0.4, 0.5) is 8.78 Å². The number of halogens is 2. The first kappa shape index (κ1) is 13.8. The minimum absolute atomic E-state index is 0.00993. The van der Waals surface area contributed by atoms with Crippen molar-refractivity contribution in [2.24, 2.45) is 0 Å². The predicted molar refractivity (Wildman–Crippen MR) is 55.2 cm³/mol. The zero-order valence-corrected chi connectivity index (χ0v) is 10.0. The molecule has 1 aromatic rings. The normalized spacial score (nSPS) is 11.8. The molecule has 0 N–H and O–H groups in total. The van der Waals surface area contributed by atoms with Crippen molar-refractivity contribution < 1.29 is 26.1 Å². The van der Waals surface area contributed by atoms with Crippen LogP contribution in [0.25, 0.3) is 0 Å². The Morgan fingerprint density at radius 3 is 2.59 bits per heavy atom. The number of alkyl halides is 2.